The van der Waals surface area contributed by atoms with Crippen LogP contribution in [0.25, 0.3) is 0 Å². The first-order valence-electron chi connectivity index (χ1n) is 15.1. The molecule has 2 aliphatic rings. The van der Waals surface area contributed by atoms with E-state index in [9.17, 15) is 9.90 Å². The van der Waals surface area contributed by atoms with E-state index < -0.39 is 36.9 Å². The second-order valence-corrected chi connectivity index (χ2v) is 10.9. The highest BCUT2D eigenvalue weighted by Gasteiger charge is 2.50. The summed E-state index contributed by atoms with van der Waals surface area (Å²) >= 11 is 0. The van der Waals surface area contributed by atoms with Gasteiger partial charge in [0.1, 0.15) is 24.4 Å². The predicted octanol–water partition coefficient (Wildman–Crippen LogP) is 6.19. The zero-order valence-electron chi connectivity index (χ0n) is 23.7. The molecule has 7 heteroatoms. The normalized spacial score (nSPS) is 27.1. The standard InChI is InChI=1S/C31H51NO6/c1-3-4-5-6-7-8-9-10-11-12-13-14-15-19-22-35-31-27(32-24(2)33)28(34)29-26(37-31)23-36-30(38-29)25-20-17-16-18-21-25/h16-18,20-21,26-31,34H,3-15,19,22-23H2,1-2H3,(H,32,33)/t26-,27-,28-,29+,30-,31-/m0/s1. The molecule has 2 aliphatic heterocycles. The van der Waals surface area contributed by atoms with Gasteiger partial charge in [-0.3, -0.25) is 4.79 Å². The quantitative estimate of drug-likeness (QED) is 0.219. The van der Waals surface area contributed by atoms with Gasteiger partial charge in [0.05, 0.1) is 6.61 Å². The Bertz CT molecular complexity index is 762. The molecule has 0 bridgehead atoms. The molecule has 1 aromatic rings. The highest BCUT2D eigenvalue weighted by Crippen LogP contribution is 2.34. The first kappa shape index (κ1) is 31.0. The fourth-order valence-electron chi connectivity index (χ4n) is 5.40. The van der Waals surface area contributed by atoms with E-state index in [2.05, 4.69) is 12.2 Å². The van der Waals surface area contributed by atoms with E-state index in [4.69, 9.17) is 18.9 Å². The van der Waals surface area contributed by atoms with Crippen LogP contribution in [-0.4, -0.2) is 54.9 Å². The van der Waals surface area contributed by atoms with Gasteiger partial charge in [-0.15, -0.1) is 0 Å². The van der Waals surface area contributed by atoms with Gasteiger partial charge < -0.3 is 29.4 Å². The van der Waals surface area contributed by atoms with E-state index in [0.29, 0.717) is 6.61 Å². The minimum Gasteiger partial charge on any atom is -0.388 e. The number of carbonyl (C=O) groups excluding carboxylic acids is 1. The van der Waals surface area contributed by atoms with Crippen LogP contribution >= 0.6 is 0 Å². The van der Waals surface area contributed by atoms with Crippen molar-refractivity contribution in [3.63, 3.8) is 0 Å². The van der Waals surface area contributed by atoms with Gasteiger partial charge in [0.2, 0.25) is 5.91 Å². The molecular weight excluding hydrogens is 482 g/mol. The zero-order chi connectivity index (χ0) is 27.0. The molecular formula is C31H51NO6. The average Bonchev–Trinajstić information content (AvgIpc) is 2.93. The Hall–Kier alpha value is -1.51. The third-order valence-corrected chi connectivity index (χ3v) is 7.59. The van der Waals surface area contributed by atoms with Gasteiger partial charge in [-0.2, -0.15) is 0 Å². The van der Waals surface area contributed by atoms with Gasteiger partial charge in [0.15, 0.2) is 12.6 Å². The third-order valence-electron chi connectivity index (χ3n) is 7.59. The van der Waals surface area contributed by atoms with E-state index in [1.54, 1.807) is 0 Å². The van der Waals surface area contributed by atoms with Gasteiger partial charge in [-0.1, -0.05) is 121 Å². The van der Waals surface area contributed by atoms with E-state index >= 15 is 0 Å². The predicted molar refractivity (Wildman–Crippen MR) is 149 cm³/mol. The van der Waals surface area contributed by atoms with E-state index in [0.717, 1.165) is 18.4 Å². The number of aliphatic hydroxyl groups is 1. The number of hydrogen-bond donors (Lipinski definition) is 2. The van der Waals surface area contributed by atoms with Crippen LogP contribution in [0.1, 0.15) is 116 Å². The monoisotopic (exact) mass is 533 g/mol. The fraction of sp³-hybridized carbons (Fsp3) is 0.774. The minimum atomic E-state index is -0.964. The summed E-state index contributed by atoms with van der Waals surface area (Å²) in [4.78, 5) is 11.9. The molecule has 6 atom stereocenters. The van der Waals surface area contributed by atoms with Gasteiger partial charge in [-0.05, 0) is 6.42 Å². The highest BCUT2D eigenvalue weighted by atomic mass is 16.7. The number of fused-ring (bicyclic) bond motifs is 1. The maximum Gasteiger partial charge on any atom is 0.217 e. The van der Waals surface area contributed by atoms with Crippen LogP contribution in [-0.2, 0) is 23.7 Å². The Labute approximate surface area is 230 Å². The fourth-order valence-corrected chi connectivity index (χ4v) is 5.40. The lowest BCUT2D eigenvalue weighted by Crippen LogP contribution is -2.66. The van der Waals surface area contributed by atoms with E-state index in [1.165, 1.54) is 84.0 Å². The third kappa shape index (κ3) is 10.6. The van der Waals surface area contributed by atoms with Crippen LogP contribution < -0.4 is 5.32 Å². The number of benzene rings is 1. The smallest absolute Gasteiger partial charge is 0.217 e. The second kappa shape index (κ2) is 18.0. The van der Waals surface area contributed by atoms with Crippen LogP contribution in [0.3, 0.4) is 0 Å². The Morgan fingerprint density at radius 2 is 1.47 bits per heavy atom. The first-order chi connectivity index (χ1) is 18.6. The summed E-state index contributed by atoms with van der Waals surface area (Å²) in [7, 11) is 0. The van der Waals surface area contributed by atoms with Crippen molar-refractivity contribution in [2.75, 3.05) is 13.2 Å². The minimum absolute atomic E-state index is 0.243. The molecule has 0 saturated carbocycles. The maximum atomic E-state index is 11.9. The number of nitrogens with one attached hydrogen (secondary N) is 1. The van der Waals surface area contributed by atoms with Gasteiger partial charge in [0.25, 0.3) is 0 Å². The zero-order valence-corrected chi connectivity index (χ0v) is 23.7. The average molecular weight is 534 g/mol. The van der Waals surface area contributed by atoms with Crippen molar-refractivity contribution in [3.8, 4) is 0 Å². The SMILES string of the molecule is CCCCCCCCCCCCCCCCO[C@H]1O[C@H]2CO[C@H](c3ccccc3)O[C@H]2[C@@H](O)[C@@H]1NC(C)=O. The largest absolute Gasteiger partial charge is 0.388 e. The first-order valence-corrected chi connectivity index (χ1v) is 15.1. The lowest BCUT2D eigenvalue weighted by molar-refractivity contribution is -0.344. The molecule has 38 heavy (non-hydrogen) atoms. The van der Waals surface area contributed by atoms with Crippen LogP contribution in [0.4, 0.5) is 0 Å². The highest BCUT2D eigenvalue weighted by molar-refractivity contribution is 5.73. The summed E-state index contributed by atoms with van der Waals surface area (Å²) < 4.78 is 24.1. The topological polar surface area (TPSA) is 86.2 Å². The lowest BCUT2D eigenvalue weighted by atomic mass is 9.95. The number of unbranched alkanes of at least 4 members (excludes halogenated alkanes) is 13. The molecule has 0 spiro atoms. The number of amides is 1. The number of rotatable bonds is 18. The Morgan fingerprint density at radius 1 is 0.895 bits per heavy atom. The molecule has 7 nitrogen and oxygen atoms in total. The molecule has 2 heterocycles. The Balaban J connectivity index is 1.30. The van der Waals surface area contributed by atoms with Crippen molar-refractivity contribution in [1.29, 1.82) is 0 Å². The summed E-state index contributed by atoms with van der Waals surface area (Å²) in [6, 6.07) is 8.92. The second-order valence-electron chi connectivity index (χ2n) is 10.9. The molecule has 2 N–H and O–H groups in total. The summed E-state index contributed by atoms with van der Waals surface area (Å²) in [5.41, 5.74) is 0.880. The van der Waals surface area contributed by atoms with Crippen molar-refractivity contribution in [2.45, 2.75) is 141 Å². The summed E-state index contributed by atoms with van der Waals surface area (Å²) in [5, 5.41) is 13.9. The molecule has 0 radical (unpaired) electrons. The van der Waals surface area contributed by atoms with Gasteiger partial charge in [-0.25, -0.2) is 0 Å². The van der Waals surface area contributed by atoms with Crippen LogP contribution in [0.2, 0.25) is 0 Å². The van der Waals surface area contributed by atoms with Crippen molar-refractivity contribution in [3.05, 3.63) is 35.9 Å². The summed E-state index contributed by atoms with van der Waals surface area (Å²) in [6.07, 6.45) is 14.9. The maximum absolute atomic E-state index is 11.9. The molecule has 2 saturated heterocycles. The molecule has 1 amide bonds. The van der Waals surface area contributed by atoms with Crippen LogP contribution in [0.15, 0.2) is 30.3 Å². The Morgan fingerprint density at radius 3 is 2.05 bits per heavy atom. The van der Waals surface area contributed by atoms with E-state index in [1.807, 2.05) is 30.3 Å². The molecule has 216 valence electrons. The lowest BCUT2D eigenvalue weighted by Gasteiger charge is -2.47. The van der Waals surface area contributed by atoms with E-state index in [-0.39, 0.29) is 12.5 Å². The number of ether oxygens (including phenoxy) is 4. The molecule has 0 unspecified atom stereocenters. The van der Waals surface area contributed by atoms with Crippen molar-refractivity contribution in [2.24, 2.45) is 0 Å². The summed E-state index contributed by atoms with van der Waals surface area (Å²) in [5.74, 6) is -0.243. The number of hydrogen-bond acceptors (Lipinski definition) is 6. The van der Waals surface area contributed by atoms with Crippen molar-refractivity contribution >= 4 is 5.91 Å². The van der Waals surface area contributed by atoms with Crippen molar-refractivity contribution in [1.82, 2.24) is 5.32 Å². The molecule has 1 aromatic carbocycles. The molecule has 0 aliphatic carbocycles. The molecule has 3 rings (SSSR count). The molecule has 0 aromatic heterocycles. The van der Waals surface area contributed by atoms with Crippen molar-refractivity contribution < 1.29 is 28.8 Å². The van der Waals surface area contributed by atoms with Crippen LogP contribution in [0, 0.1) is 0 Å². The summed E-state index contributed by atoms with van der Waals surface area (Å²) in [6.45, 7) is 4.51. The van der Waals surface area contributed by atoms with Crippen LogP contribution in [0.5, 0.6) is 0 Å². The molecule has 2 fully saturated rings. The van der Waals surface area contributed by atoms with Gasteiger partial charge >= 0.3 is 0 Å². The Kier molecular flexibility index (Phi) is 14.7. The number of aliphatic hydroxyl groups excluding tert-OH is 1. The number of carbonyl (C=O) groups is 1. The van der Waals surface area contributed by atoms with Gasteiger partial charge in [0, 0.05) is 19.1 Å².